The van der Waals surface area contributed by atoms with Gasteiger partial charge in [-0.2, -0.15) is 0 Å². The largest absolute Gasteiger partial charge is 0.497 e. The van der Waals surface area contributed by atoms with Crippen LogP contribution in [0.2, 0.25) is 0 Å². The number of ketones is 1. The molecule has 4 nitrogen and oxygen atoms in total. The zero-order chi connectivity index (χ0) is 22.4. The molecule has 3 aromatic rings. The van der Waals surface area contributed by atoms with Crippen molar-refractivity contribution in [2.24, 2.45) is 0 Å². The molecule has 31 heavy (non-hydrogen) atoms. The predicted molar refractivity (Wildman–Crippen MR) is 122 cm³/mol. The van der Waals surface area contributed by atoms with Gasteiger partial charge >= 0.3 is 5.97 Å². The molecular formula is C27H28O4. The number of carbonyl (C=O) groups excluding carboxylic acids is 2. The summed E-state index contributed by atoms with van der Waals surface area (Å²) in [5, 5.41) is 0. The maximum Gasteiger partial charge on any atom is 0.343 e. The Bertz CT molecular complexity index is 1050. The molecule has 0 heterocycles. The smallest absolute Gasteiger partial charge is 0.343 e. The Labute approximate surface area is 183 Å². The van der Waals surface area contributed by atoms with Crippen molar-refractivity contribution in [2.75, 3.05) is 7.11 Å². The molecule has 0 aliphatic rings. The van der Waals surface area contributed by atoms with Gasteiger partial charge in [-0.3, -0.25) is 4.79 Å². The van der Waals surface area contributed by atoms with Gasteiger partial charge in [-0.15, -0.1) is 0 Å². The van der Waals surface area contributed by atoms with Crippen molar-refractivity contribution >= 4 is 11.8 Å². The van der Waals surface area contributed by atoms with Crippen molar-refractivity contribution in [3.8, 4) is 11.5 Å². The highest BCUT2D eigenvalue weighted by molar-refractivity contribution is 5.98. The fraction of sp³-hybridized carbons (Fsp3) is 0.259. The van der Waals surface area contributed by atoms with Crippen LogP contribution in [-0.2, 0) is 5.41 Å². The summed E-state index contributed by atoms with van der Waals surface area (Å²) in [5.74, 6) is 0.726. The highest BCUT2D eigenvalue weighted by Crippen LogP contribution is 2.37. The van der Waals surface area contributed by atoms with E-state index in [2.05, 4.69) is 26.0 Å². The Morgan fingerprint density at radius 3 is 1.90 bits per heavy atom. The second-order valence-electron chi connectivity index (χ2n) is 7.86. The zero-order valence-electron chi connectivity index (χ0n) is 18.5. The van der Waals surface area contributed by atoms with Crippen molar-refractivity contribution in [3.05, 3.63) is 95.1 Å². The third-order valence-electron chi connectivity index (χ3n) is 5.68. The van der Waals surface area contributed by atoms with Crippen LogP contribution in [0.3, 0.4) is 0 Å². The van der Waals surface area contributed by atoms with E-state index in [1.807, 2.05) is 36.4 Å². The van der Waals surface area contributed by atoms with E-state index in [4.69, 9.17) is 9.47 Å². The van der Waals surface area contributed by atoms with Gasteiger partial charge in [0.25, 0.3) is 0 Å². The first-order chi connectivity index (χ1) is 14.9. The molecule has 0 aliphatic heterocycles. The highest BCUT2D eigenvalue weighted by Gasteiger charge is 2.28. The summed E-state index contributed by atoms with van der Waals surface area (Å²) < 4.78 is 10.8. The van der Waals surface area contributed by atoms with Gasteiger partial charge in [-0.1, -0.05) is 56.7 Å². The fourth-order valence-electron chi connectivity index (χ4n) is 3.84. The standard InChI is InChI=1S/C27H28O4/c1-5-17-27(3,22-9-13-24(30-4)14-10-22)23-11-15-25(16-12-23)31-26(29)21-8-6-7-20(18-21)19(2)28/h6-16,18H,5,17H2,1-4H3. The molecule has 1 unspecified atom stereocenters. The van der Waals surface area contributed by atoms with Gasteiger partial charge in [0.2, 0.25) is 0 Å². The van der Waals surface area contributed by atoms with E-state index in [0.29, 0.717) is 16.9 Å². The van der Waals surface area contributed by atoms with Crippen molar-refractivity contribution < 1.29 is 19.1 Å². The highest BCUT2D eigenvalue weighted by atomic mass is 16.5. The second kappa shape index (κ2) is 9.61. The fourth-order valence-corrected chi connectivity index (χ4v) is 3.84. The lowest BCUT2D eigenvalue weighted by atomic mass is 9.73. The predicted octanol–water partition coefficient (Wildman–Crippen LogP) is 6.22. The van der Waals surface area contributed by atoms with Gasteiger partial charge in [-0.25, -0.2) is 4.79 Å². The monoisotopic (exact) mass is 416 g/mol. The summed E-state index contributed by atoms with van der Waals surface area (Å²) in [6, 6.07) is 22.4. The van der Waals surface area contributed by atoms with Crippen LogP contribution in [0, 0.1) is 0 Å². The third-order valence-corrected chi connectivity index (χ3v) is 5.68. The van der Waals surface area contributed by atoms with Crippen molar-refractivity contribution in [1.29, 1.82) is 0 Å². The van der Waals surface area contributed by atoms with Gasteiger partial charge in [0.05, 0.1) is 12.7 Å². The summed E-state index contributed by atoms with van der Waals surface area (Å²) in [5.41, 5.74) is 3.03. The minimum Gasteiger partial charge on any atom is -0.497 e. The molecule has 160 valence electrons. The SMILES string of the molecule is CCCC(C)(c1ccc(OC)cc1)c1ccc(OC(=O)c2cccc(C(C)=O)c2)cc1. The Morgan fingerprint density at radius 1 is 0.839 bits per heavy atom. The average molecular weight is 417 g/mol. The number of rotatable bonds is 8. The molecule has 0 bridgehead atoms. The van der Waals surface area contributed by atoms with E-state index < -0.39 is 5.97 Å². The molecule has 0 fully saturated rings. The summed E-state index contributed by atoms with van der Waals surface area (Å²) >= 11 is 0. The summed E-state index contributed by atoms with van der Waals surface area (Å²) in [6.45, 7) is 5.87. The van der Waals surface area contributed by atoms with E-state index in [1.54, 1.807) is 31.4 Å². The molecule has 0 amide bonds. The zero-order valence-corrected chi connectivity index (χ0v) is 18.5. The van der Waals surface area contributed by atoms with Gasteiger partial charge in [-0.05, 0) is 60.9 Å². The first-order valence-corrected chi connectivity index (χ1v) is 10.5. The van der Waals surface area contributed by atoms with Gasteiger partial charge < -0.3 is 9.47 Å². The summed E-state index contributed by atoms with van der Waals surface area (Å²) in [6.07, 6.45) is 2.02. The molecule has 0 aliphatic carbocycles. The first-order valence-electron chi connectivity index (χ1n) is 10.5. The van der Waals surface area contributed by atoms with Gasteiger partial charge in [0.1, 0.15) is 11.5 Å². The van der Waals surface area contributed by atoms with Crippen LogP contribution in [0.1, 0.15) is 65.5 Å². The molecule has 0 aromatic heterocycles. The summed E-state index contributed by atoms with van der Waals surface area (Å²) in [4.78, 5) is 24.1. The number of ether oxygens (including phenoxy) is 2. The summed E-state index contributed by atoms with van der Waals surface area (Å²) in [7, 11) is 1.66. The van der Waals surface area contributed by atoms with Crippen molar-refractivity contribution in [1.82, 2.24) is 0 Å². The quantitative estimate of drug-likeness (QED) is 0.248. The lowest BCUT2D eigenvalue weighted by Crippen LogP contribution is -2.23. The molecule has 3 rings (SSSR count). The van der Waals surface area contributed by atoms with Crippen LogP contribution in [-0.4, -0.2) is 18.9 Å². The first kappa shape index (κ1) is 22.3. The number of benzene rings is 3. The van der Waals surface area contributed by atoms with E-state index in [0.717, 1.165) is 24.2 Å². The Kier molecular flexibility index (Phi) is 6.91. The third kappa shape index (κ3) is 5.02. The second-order valence-corrected chi connectivity index (χ2v) is 7.86. The van der Waals surface area contributed by atoms with Crippen LogP contribution < -0.4 is 9.47 Å². The number of esters is 1. The van der Waals surface area contributed by atoms with Crippen molar-refractivity contribution in [2.45, 2.75) is 39.0 Å². The maximum atomic E-state index is 12.5. The van der Waals surface area contributed by atoms with E-state index >= 15 is 0 Å². The number of Topliss-reactive ketones (excluding diaryl/α,β-unsaturated/α-hetero) is 1. The Hall–Kier alpha value is -3.40. The van der Waals surface area contributed by atoms with E-state index in [1.165, 1.54) is 12.5 Å². The van der Waals surface area contributed by atoms with Crippen LogP contribution in [0.5, 0.6) is 11.5 Å². The molecule has 0 N–H and O–H groups in total. The Balaban J connectivity index is 1.82. The molecule has 0 saturated carbocycles. The molecule has 0 spiro atoms. The lowest BCUT2D eigenvalue weighted by Gasteiger charge is -2.31. The Morgan fingerprint density at radius 2 is 1.39 bits per heavy atom. The number of hydrogen-bond acceptors (Lipinski definition) is 4. The molecule has 3 aromatic carbocycles. The van der Waals surface area contributed by atoms with Gasteiger partial charge in [0.15, 0.2) is 5.78 Å². The van der Waals surface area contributed by atoms with Crippen LogP contribution in [0.15, 0.2) is 72.8 Å². The van der Waals surface area contributed by atoms with Crippen LogP contribution >= 0.6 is 0 Å². The molecule has 4 heteroatoms. The lowest BCUT2D eigenvalue weighted by molar-refractivity contribution is 0.0734. The normalized spacial score (nSPS) is 12.6. The molecular weight excluding hydrogens is 388 g/mol. The maximum absolute atomic E-state index is 12.5. The van der Waals surface area contributed by atoms with Crippen LogP contribution in [0.4, 0.5) is 0 Å². The molecule has 1 atom stereocenters. The molecule has 0 saturated heterocycles. The van der Waals surface area contributed by atoms with Crippen molar-refractivity contribution in [3.63, 3.8) is 0 Å². The number of hydrogen-bond donors (Lipinski definition) is 0. The number of carbonyl (C=O) groups is 2. The topological polar surface area (TPSA) is 52.6 Å². The minimum atomic E-state index is -0.484. The van der Waals surface area contributed by atoms with E-state index in [-0.39, 0.29) is 11.2 Å². The molecule has 0 radical (unpaired) electrons. The number of methoxy groups -OCH3 is 1. The average Bonchev–Trinajstić information content (AvgIpc) is 2.79. The minimum absolute atomic E-state index is 0.0901. The van der Waals surface area contributed by atoms with Crippen LogP contribution in [0.25, 0.3) is 0 Å². The van der Waals surface area contributed by atoms with E-state index in [9.17, 15) is 9.59 Å². The van der Waals surface area contributed by atoms with Gasteiger partial charge in [0, 0.05) is 11.0 Å².